The summed E-state index contributed by atoms with van der Waals surface area (Å²) in [5, 5.41) is 10.7. The van der Waals surface area contributed by atoms with Crippen LogP contribution in [0.4, 0.5) is 0 Å². The van der Waals surface area contributed by atoms with Crippen LogP contribution in [0.5, 0.6) is 0 Å². The molecule has 0 amide bonds. The number of sulfonamides is 1. The third-order valence-corrected chi connectivity index (χ3v) is 7.11. The number of aliphatic hydroxyl groups is 1. The molecule has 3 atom stereocenters. The zero-order valence-corrected chi connectivity index (χ0v) is 12.9. The molecular formula is C13H21NO3S2. The van der Waals surface area contributed by atoms with E-state index in [1.165, 1.54) is 0 Å². The molecule has 1 aromatic heterocycles. The summed E-state index contributed by atoms with van der Waals surface area (Å²) in [4.78, 5) is 0. The van der Waals surface area contributed by atoms with Crippen molar-refractivity contribution in [2.45, 2.75) is 50.0 Å². The lowest BCUT2D eigenvalue weighted by molar-refractivity contribution is 0.282. The lowest BCUT2D eigenvalue weighted by Gasteiger charge is -2.20. The van der Waals surface area contributed by atoms with Gasteiger partial charge in [0.2, 0.25) is 10.0 Å². The summed E-state index contributed by atoms with van der Waals surface area (Å²) in [7, 11) is -3.44. The van der Waals surface area contributed by atoms with Crippen LogP contribution >= 0.6 is 11.3 Å². The fourth-order valence-corrected chi connectivity index (χ4v) is 5.40. The van der Waals surface area contributed by atoms with E-state index >= 15 is 0 Å². The van der Waals surface area contributed by atoms with E-state index < -0.39 is 10.0 Å². The molecule has 6 heteroatoms. The molecule has 0 saturated heterocycles. The van der Waals surface area contributed by atoms with Gasteiger partial charge in [-0.3, -0.25) is 0 Å². The van der Waals surface area contributed by atoms with Crippen molar-refractivity contribution >= 4 is 21.4 Å². The molecular weight excluding hydrogens is 282 g/mol. The minimum Gasteiger partial charge on any atom is -0.392 e. The van der Waals surface area contributed by atoms with Gasteiger partial charge < -0.3 is 5.11 Å². The van der Waals surface area contributed by atoms with Crippen LogP contribution in [0.15, 0.2) is 15.7 Å². The number of thiophene rings is 1. The van der Waals surface area contributed by atoms with Crippen LogP contribution in [-0.4, -0.2) is 19.6 Å². The minimum atomic E-state index is -3.44. The number of nitrogens with one attached hydrogen (secondary N) is 1. The Morgan fingerprint density at radius 1 is 1.47 bits per heavy atom. The van der Waals surface area contributed by atoms with Crippen LogP contribution in [0.3, 0.4) is 0 Å². The topological polar surface area (TPSA) is 66.4 Å². The van der Waals surface area contributed by atoms with Gasteiger partial charge in [0.15, 0.2) is 0 Å². The van der Waals surface area contributed by atoms with Gasteiger partial charge >= 0.3 is 0 Å². The molecule has 3 unspecified atom stereocenters. The van der Waals surface area contributed by atoms with Gasteiger partial charge in [-0.15, -0.1) is 11.3 Å². The van der Waals surface area contributed by atoms with Gasteiger partial charge in [0, 0.05) is 6.04 Å². The van der Waals surface area contributed by atoms with Gasteiger partial charge in [0.1, 0.15) is 4.21 Å². The van der Waals surface area contributed by atoms with Gasteiger partial charge in [-0.25, -0.2) is 13.1 Å². The third kappa shape index (κ3) is 3.18. The van der Waals surface area contributed by atoms with Gasteiger partial charge in [-0.1, -0.05) is 20.3 Å². The summed E-state index contributed by atoms with van der Waals surface area (Å²) in [6.07, 6.45) is 3.11. The molecule has 108 valence electrons. The summed E-state index contributed by atoms with van der Waals surface area (Å²) >= 11 is 1.16. The highest BCUT2D eigenvalue weighted by atomic mass is 32.2. The van der Waals surface area contributed by atoms with Crippen molar-refractivity contribution in [3.63, 3.8) is 0 Å². The van der Waals surface area contributed by atoms with E-state index in [0.717, 1.165) is 30.6 Å². The SMILES string of the molecule is CCC1CCC(NS(=O)(=O)c2cc(CO)cs2)C1C. The Morgan fingerprint density at radius 2 is 2.21 bits per heavy atom. The van der Waals surface area contributed by atoms with Gasteiger partial charge in [0.25, 0.3) is 0 Å². The molecule has 1 heterocycles. The maximum atomic E-state index is 12.3. The highest BCUT2D eigenvalue weighted by molar-refractivity contribution is 7.91. The highest BCUT2D eigenvalue weighted by Crippen LogP contribution is 2.35. The molecule has 1 fully saturated rings. The standard InChI is InChI=1S/C13H21NO3S2/c1-3-11-4-5-12(9(11)2)14-19(16,17)13-6-10(7-15)8-18-13/h6,8-9,11-12,14-15H,3-5,7H2,1-2H3. The maximum absolute atomic E-state index is 12.3. The largest absolute Gasteiger partial charge is 0.392 e. The monoisotopic (exact) mass is 303 g/mol. The second-order valence-electron chi connectivity index (χ2n) is 5.26. The Hall–Kier alpha value is -0.430. The lowest BCUT2D eigenvalue weighted by Crippen LogP contribution is -2.37. The van der Waals surface area contributed by atoms with Crippen LogP contribution in [-0.2, 0) is 16.6 Å². The quantitative estimate of drug-likeness (QED) is 0.877. The fraction of sp³-hybridized carbons (Fsp3) is 0.692. The van der Waals surface area contributed by atoms with Gasteiger partial charge in [0.05, 0.1) is 6.61 Å². The average molecular weight is 303 g/mol. The normalized spacial score (nSPS) is 27.8. The Balaban J connectivity index is 2.09. The fourth-order valence-electron chi connectivity index (χ4n) is 2.82. The number of hydrogen-bond donors (Lipinski definition) is 2. The molecule has 2 N–H and O–H groups in total. The van der Waals surface area contributed by atoms with Crippen LogP contribution in [0.2, 0.25) is 0 Å². The smallest absolute Gasteiger partial charge is 0.250 e. The Kier molecular flexibility index (Phi) is 4.66. The van der Waals surface area contributed by atoms with Crippen molar-refractivity contribution < 1.29 is 13.5 Å². The summed E-state index contributed by atoms with van der Waals surface area (Å²) in [6, 6.07) is 1.58. The number of hydrogen-bond acceptors (Lipinski definition) is 4. The Morgan fingerprint density at radius 3 is 2.74 bits per heavy atom. The van der Waals surface area contributed by atoms with E-state index in [2.05, 4.69) is 18.6 Å². The first kappa shape index (κ1) is 15.0. The molecule has 0 radical (unpaired) electrons. The molecule has 0 bridgehead atoms. The van der Waals surface area contributed by atoms with E-state index in [0.29, 0.717) is 21.6 Å². The van der Waals surface area contributed by atoms with Crippen LogP contribution < -0.4 is 4.72 Å². The summed E-state index contributed by atoms with van der Waals surface area (Å²) in [5.74, 6) is 1.00. The second-order valence-corrected chi connectivity index (χ2v) is 8.12. The summed E-state index contributed by atoms with van der Waals surface area (Å²) in [6.45, 7) is 4.16. The average Bonchev–Trinajstić information content (AvgIpc) is 2.98. The number of rotatable bonds is 5. The second kappa shape index (κ2) is 5.91. The van der Waals surface area contributed by atoms with Crippen LogP contribution in [0.1, 0.15) is 38.7 Å². The molecule has 2 rings (SSSR count). The van der Waals surface area contributed by atoms with Gasteiger partial charge in [-0.05, 0) is 41.7 Å². The Labute approximate surface area is 118 Å². The van der Waals surface area contributed by atoms with Crippen molar-refractivity contribution in [2.24, 2.45) is 11.8 Å². The van der Waals surface area contributed by atoms with Crippen LogP contribution in [0, 0.1) is 11.8 Å². The summed E-state index contributed by atoms with van der Waals surface area (Å²) in [5.41, 5.74) is 0.649. The van der Waals surface area contributed by atoms with E-state index in [9.17, 15) is 8.42 Å². The first-order valence-corrected chi connectivity index (χ1v) is 9.04. The molecule has 4 nitrogen and oxygen atoms in total. The third-order valence-electron chi connectivity index (χ3n) is 4.13. The minimum absolute atomic E-state index is 0.0367. The molecule has 0 aromatic carbocycles. The number of aliphatic hydroxyl groups excluding tert-OH is 1. The molecule has 1 aliphatic carbocycles. The molecule has 19 heavy (non-hydrogen) atoms. The van der Waals surface area contributed by atoms with E-state index in [-0.39, 0.29) is 12.6 Å². The molecule has 1 aliphatic rings. The first-order valence-electron chi connectivity index (χ1n) is 6.68. The molecule has 0 aliphatic heterocycles. The highest BCUT2D eigenvalue weighted by Gasteiger charge is 2.34. The zero-order valence-electron chi connectivity index (χ0n) is 11.3. The predicted molar refractivity (Wildman–Crippen MR) is 76.5 cm³/mol. The van der Waals surface area contributed by atoms with E-state index in [4.69, 9.17) is 5.11 Å². The molecule has 1 saturated carbocycles. The first-order chi connectivity index (χ1) is 8.97. The van der Waals surface area contributed by atoms with Crippen LogP contribution in [0.25, 0.3) is 0 Å². The van der Waals surface area contributed by atoms with Crippen molar-refractivity contribution in [3.8, 4) is 0 Å². The molecule has 0 spiro atoms. The van der Waals surface area contributed by atoms with E-state index in [1.807, 2.05) is 0 Å². The van der Waals surface area contributed by atoms with E-state index in [1.54, 1.807) is 11.4 Å². The molecule has 1 aromatic rings. The Bertz CT molecular complexity index is 524. The summed E-state index contributed by atoms with van der Waals surface area (Å²) < 4.78 is 27.7. The zero-order chi connectivity index (χ0) is 14.0. The maximum Gasteiger partial charge on any atom is 0.250 e. The predicted octanol–water partition coefficient (Wildman–Crippen LogP) is 2.34. The van der Waals surface area contributed by atoms with Crippen molar-refractivity contribution in [2.75, 3.05) is 0 Å². The van der Waals surface area contributed by atoms with Gasteiger partial charge in [-0.2, -0.15) is 0 Å². The van der Waals surface area contributed by atoms with Crippen molar-refractivity contribution in [1.82, 2.24) is 4.72 Å². The van der Waals surface area contributed by atoms with Crippen molar-refractivity contribution in [3.05, 3.63) is 17.0 Å². The lowest BCUT2D eigenvalue weighted by atomic mass is 9.94. The van der Waals surface area contributed by atoms with Crippen molar-refractivity contribution in [1.29, 1.82) is 0 Å².